The molecular formula is C17H16N. The second kappa shape index (κ2) is 5.09. The van der Waals surface area contributed by atoms with Gasteiger partial charge in [0.15, 0.2) is 0 Å². The van der Waals surface area contributed by atoms with Crippen LogP contribution in [-0.2, 0) is 13.0 Å². The SMILES string of the molecule is [c]1ccccc1CCN1C=Cc2ccccc2C1. The largest absolute Gasteiger partial charge is 0.373 e. The molecule has 2 aromatic rings. The second-order valence-corrected chi connectivity index (χ2v) is 4.62. The zero-order chi connectivity index (χ0) is 12.2. The van der Waals surface area contributed by atoms with E-state index in [1.54, 1.807) is 0 Å². The van der Waals surface area contributed by atoms with Gasteiger partial charge in [-0.05, 0) is 41.5 Å². The molecule has 1 heterocycles. The Morgan fingerprint density at radius 2 is 1.94 bits per heavy atom. The highest BCUT2D eigenvalue weighted by Gasteiger charge is 2.09. The molecule has 1 aliphatic heterocycles. The number of nitrogens with zero attached hydrogens (tertiary/aromatic N) is 1. The molecule has 0 aliphatic carbocycles. The van der Waals surface area contributed by atoms with E-state index in [1.165, 1.54) is 16.7 Å². The molecule has 1 heteroatoms. The average molecular weight is 234 g/mol. The van der Waals surface area contributed by atoms with Gasteiger partial charge in [0, 0.05) is 13.1 Å². The Hall–Kier alpha value is -2.02. The number of rotatable bonds is 3. The van der Waals surface area contributed by atoms with Crippen LogP contribution in [-0.4, -0.2) is 11.4 Å². The molecule has 0 fully saturated rings. The first-order valence-corrected chi connectivity index (χ1v) is 6.37. The van der Waals surface area contributed by atoms with Gasteiger partial charge in [0.1, 0.15) is 0 Å². The van der Waals surface area contributed by atoms with Gasteiger partial charge >= 0.3 is 0 Å². The van der Waals surface area contributed by atoms with E-state index in [1.807, 2.05) is 12.1 Å². The first-order valence-electron chi connectivity index (χ1n) is 6.37. The predicted molar refractivity (Wildman–Crippen MR) is 74.9 cm³/mol. The van der Waals surface area contributed by atoms with Crippen molar-refractivity contribution in [1.82, 2.24) is 4.90 Å². The fourth-order valence-corrected chi connectivity index (χ4v) is 2.30. The van der Waals surface area contributed by atoms with Crippen molar-refractivity contribution in [3.05, 3.63) is 77.5 Å². The summed E-state index contributed by atoms with van der Waals surface area (Å²) in [6, 6.07) is 20.1. The molecule has 0 N–H and O–H groups in total. The van der Waals surface area contributed by atoms with Crippen LogP contribution in [0, 0.1) is 6.07 Å². The Bertz CT molecular complexity index is 543. The van der Waals surface area contributed by atoms with Crippen LogP contribution in [0.1, 0.15) is 16.7 Å². The first-order chi connectivity index (χ1) is 8.92. The minimum absolute atomic E-state index is 1.01. The van der Waals surface area contributed by atoms with E-state index in [9.17, 15) is 0 Å². The number of hydrogen-bond acceptors (Lipinski definition) is 1. The quantitative estimate of drug-likeness (QED) is 0.785. The fraction of sp³-hybridized carbons (Fsp3) is 0.176. The maximum atomic E-state index is 3.28. The van der Waals surface area contributed by atoms with Gasteiger partial charge in [-0.25, -0.2) is 0 Å². The maximum Gasteiger partial charge on any atom is 0.0430 e. The van der Waals surface area contributed by atoms with Crippen LogP contribution < -0.4 is 0 Å². The van der Waals surface area contributed by atoms with E-state index < -0.39 is 0 Å². The molecule has 2 aromatic carbocycles. The van der Waals surface area contributed by atoms with E-state index in [-0.39, 0.29) is 0 Å². The van der Waals surface area contributed by atoms with Gasteiger partial charge < -0.3 is 4.90 Å². The van der Waals surface area contributed by atoms with Crippen molar-refractivity contribution in [2.45, 2.75) is 13.0 Å². The molecule has 0 atom stereocenters. The van der Waals surface area contributed by atoms with Crippen molar-refractivity contribution in [2.24, 2.45) is 0 Å². The molecule has 89 valence electrons. The standard InChI is InChI=1S/C17H16N/c1-2-6-15(7-3-1)10-12-18-13-11-16-8-4-5-9-17(16)14-18/h1-6,8-9,11,13H,10,12,14H2. The van der Waals surface area contributed by atoms with E-state index in [0.29, 0.717) is 0 Å². The summed E-state index contributed by atoms with van der Waals surface area (Å²) >= 11 is 0. The summed E-state index contributed by atoms with van der Waals surface area (Å²) in [5.74, 6) is 0. The van der Waals surface area contributed by atoms with Crippen LogP contribution in [0.3, 0.4) is 0 Å². The third-order valence-electron chi connectivity index (χ3n) is 3.34. The van der Waals surface area contributed by atoms with Gasteiger partial charge in [-0.3, -0.25) is 0 Å². The summed E-state index contributed by atoms with van der Waals surface area (Å²) in [6.45, 7) is 2.06. The average Bonchev–Trinajstić information content (AvgIpc) is 2.46. The minimum Gasteiger partial charge on any atom is -0.373 e. The molecule has 1 radical (unpaired) electrons. The molecule has 0 unspecified atom stereocenters. The zero-order valence-corrected chi connectivity index (χ0v) is 10.3. The monoisotopic (exact) mass is 234 g/mol. The smallest absolute Gasteiger partial charge is 0.0430 e. The van der Waals surface area contributed by atoms with Gasteiger partial charge in [-0.15, -0.1) is 0 Å². The Labute approximate surface area is 108 Å². The van der Waals surface area contributed by atoms with E-state index in [2.05, 4.69) is 59.6 Å². The lowest BCUT2D eigenvalue weighted by Crippen LogP contribution is -2.22. The van der Waals surface area contributed by atoms with Gasteiger partial charge in [-0.1, -0.05) is 48.5 Å². The van der Waals surface area contributed by atoms with E-state index in [0.717, 1.165) is 19.5 Å². The summed E-state index contributed by atoms with van der Waals surface area (Å²) in [5.41, 5.74) is 4.04. The van der Waals surface area contributed by atoms with E-state index in [4.69, 9.17) is 0 Å². The summed E-state index contributed by atoms with van der Waals surface area (Å²) < 4.78 is 0. The molecule has 0 spiro atoms. The molecule has 0 saturated heterocycles. The van der Waals surface area contributed by atoms with Crippen molar-refractivity contribution < 1.29 is 0 Å². The van der Waals surface area contributed by atoms with Crippen LogP contribution in [0.25, 0.3) is 6.08 Å². The van der Waals surface area contributed by atoms with Gasteiger partial charge in [-0.2, -0.15) is 0 Å². The number of hydrogen-bond donors (Lipinski definition) is 0. The normalized spacial score (nSPS) is 13.4. The Balaban J connectivity index is 1.64. The van der Waals surface area contributed by atoms with Crippen LogP contribution >= 0.6 is 0 Å². The summed E-state index contributed by atoms with van der Waals surface area (Å²) in [5, 5.41) is 0. The van der Waals surface area contributed by atoms with Gasteiger partial charge in [0.05, 0.1) is 0 Å². The van der Waals surface area contributed by atoms with Crippen LogP contribution in [0.15, 0.2) is 54.7 Å². The van der Waals surface area contributed by atoms with Crippen LogP contribution in [0.2, 0.25) is 0 Å². The molecule has 0 saturated carbocycles. The van der Waals surface area contributed by atoms with Crippen molar-refractivity contribution in [3.63, 3.8) is 0 Å². The highest BCUT2D eigenvalue weighted by atomic mass is 15.1. The Morgan fingerprint density at radius 3 is 2.83 bits per heavy atom. The highest BCUT2D eigenvalue weighted by molar-refractivity contribution is 5.55. The fourth-order valence-electron chi connectivity index (χ4n) is 2.30. The predicted octanol–water partition coefficient (Wildman–Crippen LogP) is 3.52. The Kier molecular flexibility index (Phi) is 3.14. The molecule has 0 aromatic heterocycles. The molecule has 0 bridgehead atoms. The maximum absolute atomic E-state index is 3.28. The van der Waals surface area contributed by atoms with Crippen molar-refractivity contribution >= 4 is 6.08 Å². The zero-order valence-electron chi connectivity index (χ0n) is 10.3. The molecule has 1 aliphatic rings. The molecule has 0 amide bonds. The summed E-state index contributed by atoms with van der Waals surface area (Å²) in [4.78, 5) is 2.36. The van der Waals surface area contributed by atoms with Crippen LogP contribution in [0.4, 0.5) is 0 Å². The third-order valence-corrected chi connectivity index (χ3v) is 3.34. The molecule has 3 rings (SSSR count). The Morgan fingerprint density at radius 1 is 1.06 bits per heavy atom. The highest BCUT2D eigenvalue weighted by Crippen LogP contribution is 2.19. The lowest BCUT2D eigenvalue weighted by molar-refractivity contribution is 0.371. The first kappa shape index (κ1) is 11.1. The molecule has 1 nitrogen and oxygen atoms in total. The topological polar surface area (TPSA) is 3.24 Å². The summed E-state index contributed by atoms with van der Waals surface area (Å²) in [7, 11) is 0. The van der Waals surface area contributed by atoms with Crippen LogP contribution in [0.5, 0.6) is 0 Å². The minimum atomic E-state index is 1.01. The third kappa shape index (κ3) is 2.45. The van der Waals surface area contributed by atoms with Gasteiger partial charge in [0.25, 0.3) is 0 Å². The lowest BCUT2D eigenvalue weighted by Gasteiger charge is -2.25. The summed E-state index contributed by atoms with van der Waals surface area (Å²) in [6.07, 6.45) is 5.45. The van der Waals surface area contributed by atoms with E-state index >= 15 is 0 Å². The van der Waals surface area contributed by atoms with Crippen molar-refractivity contribution in [1.29, 1.82) is 0 Å². The second-order valence-electron chi connectivity index (χ2n) is 4.62. The lowest BCUT2D eigenvalue weighted by atomic mass is 10.0. The van der Waals surface area contributed by atoms with Gasteiger partial charge in [0.2, 0.25) is 0 Å². The number of fused-ring (bicyclic) bond motifs is 1. The molecular weight excluding hydrogens is 218 g/mol. The number of benzene rings is 2. The molecule has 18 heavy (non-hydrogen) atoms. The van der Waals surface area contributed by atoms with Crippen molar-refractivity contribution in [2.75, 3.05) is 6.54 Å². The van der Waals surface area contributed by atoms with Crippen molar-refractivity contribution in [3.8, 4) is 0 Å².